The van der Waals surface area contributed by atoms with E-state index in [0.717, 1.165) is 4.70 Å². The van der Waals surface area contributed by atoms with Crippen molar-refractivity contribution in [3.63, 3.8) is 0 Å². The molecule has 0 saturated carbocycles. The lowest BCUT2D eigenvalue weighted by Gasteiger charge is -2.09. The maximum Gasteiger partial charge on any atom is 0.242 e. The summed E-state index contributed by atoms with van der Waals surface area (Å²) in [5.74, 6) is -0.901. The monoisotopic (exact) mass is 459 g/mol. The molecule has 0 fully saturated rings. The van der Waals surface area contributed by atoms with Gasteiger partial charge >= 0.3 is 0 Å². The van der Waals surface area contributed by atoms with E-state index in [9.17, 15) is 20.1 Å². The first-order valence-corrected chi connectivity index (χ1v) is 10.6. The number of fused-ring (bicyclic) bond motifs is 1. The van der Waals surface area contributed by atoms with Crippen LogP contribution in [-0.4, -0.2) is 42.7 Å². The number of hydrogen-bond acceptors (Lipinski definition) is 8. The second-order valence-corrected chi connectivity index (χ2v) is 8.19. The lowest BCUT2D eigenvalue weighted by Crippen LogP contribution is -2.05. The number of carbonyl (C=O) groups is 1. The molecule has 0 aliphatic rings. The average Bonchev–Trinajstić information content (AvgIpc) is 3.37. The summed E-state index contributed by atoms with van der Waals surface area (Å²) in [5, 5.41) is 31.9. The van der Waals surface area contributed by atoms with Gasteiger partial charge in [0.05, 0.1) is 28.6 Å². The molecule has 3 heterocycles. The van der Waals surface area contributed by atoms with Gasteiger partial charge < -0.3 is 20.1 Å². The molecule has 0 radical (unpaired) electrons. The summed E-state index contributed by atoms with van der Waals surface area (Å²) in [5.41, 5.74) is 1.56. The zero-order valence-electron chi connectivity index (χ0n) is 17.3. The number of benzene rings is 2. The number of carbonyl (C=O) groups excluding carboxylic acids is 1. The molecule has 0 aliphatic carbocycles. The number of phenolic OH excluding ortho intramolecular Hbond substituents is 1. The van der Waals surface area contributed by atoms with E-state index in [2.05, 4.69) is 9.97 Å². The van der Waals surface area contributed by atoms with Crippen molar-refractivity contribution >= 4 is 27.3 Å². The summed E-state index contributed by atoms with van der Waals surface area (Å²) >= 11 is 1.26. The molecule has 9 heteroatoms. The summed E-state index contributed by atoms with van der Waals surface area (Å²) in [6, 6.07) is 14.7. The Morgan fingerprint density at radius 3 is 2.55 bits per heavy atom. The smallest absolute Gasteiger partial charge is 0.242 e. The Labute approximate surface area is 191 Å². The van der Waals surface area contributed by atoms with Gasteiger partial charge in [0.1, 0.15) is 11.5 Å². The molecule has 33 heavy (non-hydrogen) atoms. The molecule has 0 amide bonds. The van der Waals surface area contributed by atoms with E-state index in [1.54, 1.807) is 43.5 Å². The third-order valence-corrected chi connectivity index (χ3v) is 6.19. The molecule has 0 spiro atoms. The molecule has 0 unspecified atom stereocenters. The highest BCUT2D eigenvalue weighted by Gasteiger charge is 2.31. The Hall–Kier alpha value is -4.37. The highest BCUT2D eigenvalue weighted by atomic mass is 32.1. The number of hydrogen-bond donors (Lipinski definition) is 3. The van der Waals surface area contributed by atoms with Gasteiger partial charge in [0.2, 0.25) is 11.7 Å². The van der Waals surface area contributed by atoms with Crippen LogP contribution in [0, 0.1) is 0 Å². The first kappa shape index (κ1) is 20.5. The van der Waals surface area contributed by atoms with E-state index in [0.29, 0.717) is 22.0 Å². The molecule has 0 bridgehead atoms. The molecule has 164 valence electrons. The van der Waals surface area contributed by atoms with E-state index in [4.69, 9.17) is 4.74 Å². The molecule has 0 aliphatic heterocycles. The molecule has 3 aromatic heterocycles. The number of ketones is 1. The summed E-state index contributed by atoms with van der Waals surface area (Å²) in [6.07, 6.45) is 2.93. The Morgan fingerprint density at radius 1 is 1.06 bits per heavy atom. The zero-order chi connectivity index (χ0) is 23.1. The van der Waals surface area contributed by atoms with Crippen LogP contribution in [0.3, 0.4) is 0 Å². The predicted octanol–water partition coefficient (Wildman–Crippen LogP) is 4.51. The van der Waals surface area contributed by atoms with E-state index in [1.807, 2.05) is 6.07 Å². The molecule has 0 saturated heterocycles. The first-order chi connectivity index (χ1) is 16.0. The van der Waals surface area contributed by atoms with Gasteiger partial charge in [0.15, 0.2) is 10.9 Å². The van der Waals surface area contributed by atoms with Crippen molar-refractivity contribution in [2.45, 2.75) is 0 Å². The lowest BCUT2D eigenvalue weighted by molar-refractivity contribution is 0.103. The van der Waals surface area contributed by atoms with Crippen LogP contribution < -0.4 is 4.74 Å². The largest absolute Gasteiger partial charge is 0.508 e. The van der Waals surface area contributed by atoms with Gasteiger partial charge in [-0.2, -0.15) is 0 Å². The third-order valence-electron chi connectivity index (χ3n) is 5.19. The topological polar surface area (TPSA) is 118 Å². The number of rotatable bonds is 5. The molecule has 3 N–H and O–H groups in total. The first-order valence-electron chi connectivity index (χ1n) is 9.83. The van der Waals surface area contributed by atoms with Crippen LogP contribution in [0.5, 0.6) is 23.1 Å². The summed E-state index contributed by atoms with van der Waals surface area (Å²) in [6.45, 7) is 0. The van der Waals surface area contributed by atoms with Gasteiger partial charge in [-0.25, -0.2) is 4.98 Å². The van der Waals surface area contributed by atoms with Gasteiger partial charge in [-0.3, -0.25) is 14.3 Å². The van der Waals surface area contributed by atoms with Crippen LogP contribution >= 0.6 is 11.3 Å². The van der Waals surface area contributed by atoms with Crippen LogP contribution in [0.4, 0.5) is 0 Å². The minimum atomic E-state index is -0.566. The van der Waals surface area contributed by atoms with Gasteiger partial charge in [-0.1, -0.05) is 11.3 Å². The van der Waals surface area contributed by atoms with E-state index < -0.39 is 17.4 Å². The SMILES string of the molecule is COc1ccc2nc(-n3c(O)c(O)c(C(=O)c4cccnc4)c3-c3ccc(O)cc3)sc2c1. The maximum atomic E-state index is 13.4. The van der Waals surface area contributed by atoms with Gasteiger partial charge in [-0.05, 0) is 60.2 Å². The second kappa shape index (κ2) is 7.95. The van der Waals surface area contributed by atoms with Crippen LogP contribution in [0.1, 0.15) is 15.9 Å². The third kappa shape index (κ3) is 3.44. The summed E-state index contributed by atoms with van der Waals surface area (Å²) < 4.78 is 7.41. The number of pyridine rings is 1. The summed E-state index contributed by atoms with van der Waals surface area (Å²) in [4.78, 5) is 21.9. The quantitative estimate of drug-likeness (QED) is 0.331. The van der Waals surface area contributed by atoms with Crippen molar-refractivity contribution in [3.8, 4) is 39.5 Å². The number of aromatic nitrogens is 3. The van der Waals surface area contributed by atoms with E-state index >= 15 is 0 Å². The number of nitrogens with zero attached hydrogens (tertiary/aromatic N) is 3. The highest BCUT2D eigenvalue weighted by molar-refractivity contribution is 7.20. The molecule has 2 aromatic carbocycles. The van der Waals surface area contributed by atoms with Crippen molar-refractivity contribution < 1.29 is 24.9 Å². The minimum absolute atomic E-state index is 0.0394. The highest BCUT2D eigenvalue weighted by Crippen LogP contribution is 2.45. The molecule has 8 nitrogen and oxygen atoms in total. The van der Waals surface area contributed by atoms with Gasteiger partial charge in [-0.15, -0.1) is 0 Å². The number of ether oxygens (including phenoxy) is 1. The fourth-order valence-corrected chi connectivity index (χ4v) is 4.60. The van der Waals surface area contributed by atoms with Crippen LogP contribution in [0.15, 0.2) is 67.0 Å². The van der Waals surface area contributed by atoms with Crippen molar-refractivity contribution in [2.24, 2.45) is 0 Å². The van der Waals surface area contributed by atoms with E-state index in [1.165, 1.54) is 40.4 Å². The molecule has 5 rings (SSSR count). The fourth-order valence-electron chi connectivity index (χ4n) is 3.60. The van der Waals surface area contributed by atoms with Crippen molar-refractivity contribution in [1.29, 1.82) is 0 Å². The standard InChI is InChI=1S/C24H17N3O5S/c1-32-16-8-9-17-18(11-16)33-24(26-17)27-20(13-4-6-15(28)7-5-13)19(22(30)23(27)31)21(29)14-3-2-10-25-12-14/h2-12,28,30-31H,1H3. The van der Waals surface area contributed by atoms with Gasteiger partial charge in [0.25, 0.3) is 0 Å². The Kier molecular flexibility index (Phi) is 4.95. The number of methoxy groups -OCH3 is 1. The lowest BCUT2D eigenvalue weighted by atomic mass is 10.00. The molecule has 0 atom stereocenters. The number of phenols is 1. The van der Waals surface area contributed by atoms with Crippen molar-refractivity contribution in [1.82, 2.24) is 14.5 Å². The van der Waals surface area contributed by atoms with Crippen LogP contribution in [-0.2, 0) is 0 Å². The van der Waals surface area contributed by atoms with Crippen LogP contribution in [0.25, 0.3) is 26.6 Å². The van der Waals surface area contributed by atoms with Crippen molar-refractivity contribution in [2.75, 3.05) is 7.11 Å². The zero-order valence-corrected chi connectivity index (χ0v) is 18.1. The van der Waals surface area contributed by atoms with E-state index in [-0.39, 0.29) is 22.6 Å². The van der Waals surface area contributed by atoms with Crippen LogP contribution in [0.2, 0.25) is 0 Å². The average molecular weight is 459 g/mol. The summed E-state index contributed by atoms with van der Waals surface area (Å²) in [7, 11) is 1.57. The normalized spacial score (nSPS) is 11.1. The van der Waals surface area contributed by atoms with Crippen molar-refractivity contribution in [3.05, 3.63) is 78.1 Å². The second-order valence-electron chi connectivity index (χ2n) is 7.18. The Morgan fingerprint density at radius 2 is 1.85 bits per heavy atom. The van der Waals surface area contributed by atoms with Gasteiger partial charge in [0, 0.05) is 18.0 Å². The number of thiazole rings is 1. The Bertz CT molecular complexity index is 1490. The maximum absolute atomic E-state index is 13.4. The Balaban J connectivity index is 1.79. The fraction of sp³-hybridized carbons (Fsp3) is 0.0417. The number of aromatic hydroxyl groups is 3. The minimum Gasteiger partial charge on any atom is -0.508 e. The molecular formula is C24H17N3O5S. The molecule has 5 aromatic rings. The predicted molar refractivity (Wildman–Crippen MR) is 124 cm³/mol. The molecular weight excluding hydrogens is 442 g/mol.